The van der Waals surface area contributed by atoms with Crippen molar-refractivity contribution in [2.24, 2.45) is 0 Å². The highest BCUT2D eigenvalue weighted by Gasteiger charge is 1.95. The van der Waals surface area contributed by atoms with Crippen LogP contribution in [-0.2, 0) is 20.8 Å². The highest BCUT2D eigenvalue weighted by Crippen LogP contribution is 2.07. The second kappa shape index (κ2) is 9.53. The molecule has 0 radical (unpaired) electrons. The summed E-state index contributed by atoms with van der Waals surface area (Å²) in [7, 11) is 1.69. The van der Waals surface area contributed by atoms with E-state index in [4.69, 9.17) is 14.2 Å². The van der Waals surface area contributed by atoms with Gasteiger partial charge >= 0.3 is 0 Å². The van der Waals surface area contributed by atoms with Crippen LogP contribution in [0, 0.1) is 0 Å². The first-order chi connectivity index (χ1) is 8.33. The predicted octanol–water partition coefficient (Wildman–Crippen LogP) is 2.41. The Labute approximate surface area is 110 Å². The Hall–Kier alpha value is -0.490. The molecule has 0 aliphatic heterocycles. The zero-order valence-electron chi connectivity index (χ0n) is 10.0. The van der Waals surface area contributed by atoms with E-state index in [0.29, 0.717) is 26.4 Å². The summed E-state index contributed by atoms with van der Waals surface area (Å²) in [5.74, 6) is 0. The highest BCUT2D eigenvalue weighted by atomic mass is 79.9. The Morgan fingerprint density at radius 3 is 2.65 bits per heavy atom. The van der Waals surface area contributed by atoms with Crippen molar-refractivity contribution >= 4 is 15.9 Å². The topological polar surface area (TPSA) is 40.6 Å². The van der Waals surface area contributed by atoms with Crippen molar-refractivity contribution in [3.05, 3.63) is 28.5 Å². The third kappa shape index (κ3) is 7.44. The van der Waals surface area contributed by atoms with E-state index in [1.54, 1.807) is 13.3 Å². The molecule has 0 atom stereocenters. The summed E-state index contributed by atoms with van der Waals surface area (Å²) in [5, 5.41) is 0. The van der Waals surface area contributed by atoms with E-state index in [-0.39, 0.29) is 0 Å². The van der Waals surface area contributed by atoms with Gasteiger partial charge in [-0.25, -0.2) is 0 Å². The van der Waals surface area contributed by atoms with Crippen LogP contribution in [0.25, 0.3) is 0 Å². The molecule has 1 aromatic rings. The lowest BCUT2D eigenvalue weighted by Gasteiger charge is -2.05. The molecule has 0 unspecified atom stereocenters. The molecule has 0 saturated heterocycles. The van der Waals surface area contributed by atoms with Gasteiger partial charge in [0, 0.05) is 31.0 Å². The van der Waals surface area contributed by atoms with Crippen LogP contribution >= 0.6 is 15.9 Å². The Kier molecular flexibility index (Phi) is 8.17. The second-order valence-electron chi connectivity index (χ2n) is 3.48. The largest absolute Gasteiger partial charge is 0.385 e. The Bertz CT molecular complexity index is 292. The summed E-state index contributed by atoms with van der Waals surface area (Å²) in [5.41, 5.74) is 0.924. The minimum absolute atomic E-state index is 0.523. The number of methoxy groups -OCH3 is 1. The number of ether oxygens (including phenoxy) is 3. The molecule has 5 heteroatoms. The van der Waals surface area contributed by atoms with Crippen LogP contribution in [0.2, 0.25) is 0 Å². The molecule has 0 aliphatic carbocycles. The zero-order valence-corrected chi connectivity index (χ0v) is 11.6. The summed E-state index contributed by atoms with van der Waals surface area (Å²) in [4.78, 5) is 4.21. The first-order valence-corrected chi connectivity index (χ1v) is 6.37. The van der Waals surface area contributed by atoms with Crippen LogP contribution in [0.1, 0.15) is 12.1 Å². The van der Waals surface area contributed by atoms with E-state index in [1.807, 2.05) is 12.1 Å². The molecular formula is C12H18BrNO3. The number of nitrogens with zero attached hydrogens (tertiary/aromatic N) is 1. The maximum absolute atomic E-state index is 5.43. The maximum Gasteiger partial charge on any atom is 0.0889 e. The van der Waals surface area contributed by atoms with Gasteiger partial charge in [-0.1, -0.05) is 0 Å². The molecule has 0 N–H and O–H groups in total. The number of halogens is 1. The molecule has 0 aromatic carbocycles. The first-order valence-electron chi connectivity index (χ1n) is 5.58. The fraction of sp³-hybridized carbons (Fsp3) is 0.583. The lowest BCUT2D eigenvalue weighted by molar-refractivity contribution is 0.0327. The van der Waals surface area contributed by atoms with Crippen LogP contribution in [-0.4, -0.2) is 38.5 Å². The van der Waals surface area contributed by atoms with Crippen molar-refractivity contribution in [1.29, 1.82) is 0 Å². The number of rotatable bonds is 9. The lowest BCUT2D eigenvalue weighted by Crippen LogP contribution is -2.07. The third-order valence-corrected chi connectivity index (χ3v) is 2.52. The highest BCUT2D eigenvalue weighted by molar-refractivity contribution is 9.10. The molecule has 0 aliphatic rings. The van der Waals surface area contributed by atoms with Crippen LogP contribution in [0.3, 0.4) is 0 Å². The maximum atomic E-state index is 5.43. The van der Waals surface area contributed by atoms with E-state index in [9.17, 15) is 0 Å². The summed E-state index contributed by atoms with van der Waals surface area (Å²) in [6.07, 6.45) is 2.69. The van der Waals surface area contributed by atoms with E-state index >= 15 is 0 Å². The number of pyridine rings is 1. The molecule has 0 saturated carbocycles. The SMILES string of the molecule is COCCCOCCOCc1ccc(Br)cn1. The van der Waals surface area contributed by atoms with Gasteiger partial charge in [0.2, 0.25) is 0 Å². The molecule has 1 heterocycles. The van der Waals surface area contributed by atoms with Gasteiger partial charge in [0.25, 0.3) is 0 Å². The number of hydrogen-bond acceptors (Lipinski definition) is 4. The fourth-order valence-corrected chi connectivity index (χ4v) is 1.43. The van der Waals surface area contributed by atoms with Crippen LogP contribution < -0.4 is 0 Å². The van der Waals surface area contributed by atoms with Gasteiger partial charge < -0.3 is 14.2 Å². The van der Waals surface area contributed by atoms with Crippen molar-refractivity contribution < 1.29 is 14.2 Å². The average Bonchev–Trinajstić information content (AvgIpc) is 2.35. The predicted molar refractivity (Wildman–Crippen MR) is 68.9 cm³/mol. The molecule has 17 heavy (non-hydrogen) atoms. The first kappa shape index (κ1) is 14.6. The van der Waals surface area contributed by atoms with Gasteiger partial charge in [-0.2, -0.15) is 0 Å². The van der Waals surface area contributed by atoms with Crippen LogP contribution in [0.4, 0.5) is 0 Å². The Morgan fingerprint density at radius 2 is 1.94 bits per heavy atom. The summed E-state index contributed by atoms with van der Waals surface area (Å²) in [6, 6.07) is 3.89. The van der Waals surface area contributed by atoms with Gasteiger partial charge in [0.05, 0.1) is 25.5 Å². The smallest absolute Gasteiger partial charge is 0.0889 e. The third-order valence-electron chi connectivity index (χ3n) is 2.05. The Balaban J connectivity index is 1.95. The second-order valence-corrected chi connectivity index (χ2v) is 4.39. The molecule has 4 nitrogen and oxygen atoms in total. The average molecular weight is 304 g/mol. The molecule has 0 bridgehead atoms. The molecule has 0 spiro atoms. The van der Waals surface area contributed by atoms with E-state index < -0.39 is 0 Å². The molecule has 0 fully saturated rings. The standard InChI is InChI=1S/C12H18BrNO3/c1-15-5-2-6-16-7-8-17-10-12-4-3-11(13)9-14-12/h3-4,9H,2,5-8,10H2,1H3. The van der Waals surface area contributed by atoms with Crippen molar-refractivity contribution in [3.63, 3.8) is 0 Å². The summed E-state index contributed by atoms with van der Waals surface area (Å²) in [6.45, 7) is 3.18. The zero-order chi connectivity index (χ0) is 12.3. The van der Waals surface area contributed by atoms with Gasteiger partial charge in [-0.3, -0.25) is 4.98 Å². The van der Waals surface area contributed by atoms with Crippen molar-refractivity contribution in [2.75, 3.05) is 33.5 Å². The number of aromatic nitrogens is 1. The Morgan fingerprint density at radius 1 is 1.12 bits per heavy atom. The molecule has 0 amide bonds. The number of hydrogen-bond donors (Lipinski definition) is 0. The monoisotopic (exact) mass is 303 g/mol. The molecule has 1 aromatic heterocycles. The fourth-order valence-electron chi connectivity index (χ4n) is 1.19. The van der Waals surface area contributed by atoms with Crippen LogP contribution in [0.15, 0.2) is 22.8 Å². The van der Waals surface area contributed by atoms with Gasteiger partial charge in [-0.15, -0.1) is 0 Å². The minimum Gasteiger partial charge on any atom is -0.385 e. The van der Waals surface area contributed by atoms with Gasteiger partial charge in [-0.05, 0) is 34.5 Å². The van der Waals surface area contributed by atoms with Crippen molar-refractivity contribution in [3.8, 4) is 0 Å². The quantitative estimate of drug-likeness (QED) is 0.657. The molecule has 1 rings (SSSR count). The van der Waals surface area contributed by atoms with E-state index in [0.717, 1.165) is 23.2 Å². The van der Waals surface area contributed by atoms with Crippen molar-refractivity contribution in [2.45, 2.75) is 13.0 Å². The van der Waals surface area contributed by atoms with Crippen molar-refractivity contribution in [1.82, 2.24) is 4.98 Å². The minimum atomic E-state index is 0.523. The summed E-state index contributed by atoms with van der Waals surface area (Å²) < 4.78 is 16.7. The van der Waals surface area contributed by atoms with Gasteiger partial charge in [0.1, 0.15) is 0 Å². The van der Waals surface area contributed by atoms with Crippen LogP contribution in [0.5, 0.6) is 0 Å². The lowest BCUT2D eigenvalue weighted by atomic mass is 10.4. The van der Waals surface area contributed by atoms with Gasteiger partial charge in [0.15, 0.2) is 0 Å². The summed E-state index contributed by atoms with van der Waals surface area (Å²) >= 11 is 3.33. The van der Waals surface area contributed by atoms with E-state index in [2.05, 4.69) is 20.9 Å². The van der Waals surface area contributed by atoms with E-state index in [1.165, 1.54) is 0 Å². The normalized spacial score (nSPS) is 10.7. The molecule has 96 valence electrons. The molecular weight excluding hydrogens is 286 g/mol.